The molecule has 10 heteroatoms. The van der Waals surface area contributed by atoms with Crippen LogP contribution in [0.5, 0.6) is 0 Å². The van der Waals surface area contributed by atoms with Crippen molar-refractivity contribution in [1.29, 1.82) is 0 Å². The summed E-state index contributed by atoms with van der Waals surface area (Å²) in [6, 6.07) is 6.56. The van der Waals surface area contributed by atoms with Crippen molar-refractivity contribution in [3.8, 4) is 0 Å². The summed E-state index contributed by atoms with van der Waals surface area (Å²) in [5.41, 5.74) is 0.185. The third kappa shape index (κ3) is 6.68. The van der Waals surface area contributed by atoms with Crippen molar-refractivity contribution in [3.05, 3.63) is 29.8 Å². The molecule has 2 rings (SSSR count). The Labute approximate surface area is 173 Å². The van der Waals surface area contributed by atoms with Gasteiger partial charge >= 0.3 is 0 Å². The molecule has 0 atom stereocenters. The number of ether oxygens (including phenoxy) is 2. The van der Waals surface area contributed by atoms with Crippen molar-refractivity contribution in [1.82, 2.24) is 15.4 Å². The lowest BCUT2D eigenvalue weighted by Gasteiger charge is -2.35. The second-order valence-electron chi connectivity index (χ2n) is 6.68. The quantitative estimate of drug-likeness (QED) is 0.466. The van der Waals surface area contributed by atoms with Gasteiger partial charge in [-0.05, 0) is 43.6 Å². The Balaban J connectivity index is 0.00000392. The van der Waals surface area contributed by atoms with Gasteiger partial charge in [0.1, 0.15) is 0 Å². The number of hydrogen-bond acceptors (Lipinski definition) is 6. The van der Waals surface area contributed by atoms with Crippen molar-refractivity contribution < 1.29 is 22.7 Å². The number of amides is 1. The van der Waals surface area contributed by atoms with Crippen LogP contribution in [-0.4, -0.2) is 61.4 Å². The smallest absolute Gasteiger partial charge is 0.240 e. The molecule has 0 aromatic heterocycles. The minimum atomic E-state index is -3.61. The topological polar surface area (TPSA) is 106 Å². The first-order chi connectivity index (χ1) is 12.9. The standard InChI is InChI=1S/C18H29N3O5S.ClH/c1-25-11-10-21-27(23,24)16-5-3-4-15(12-16)13-20-17(22)18(14-26-2)6-8-19-9-7-18;/h3-5,12,19,21H,6-11,13-14H2,1-2H3,(H,20,22);1H. The zero-order chi connectivity index (χ0) is 19.8. The second kappa shape index (κ2) is 11.7. The Morgan fingerprint density at radius 2 is 1.93 bits per heavy atom. The molecule has 1 fully saturated rings. The average molecular weight is 436 g/mol. The lowest BCUT2D eigenvalue weighted by atomic mass is 9.78. The van der Waals surface area contributed by atoms with Crippen LogP contribution in [0.3, 0.4) is 0 Å². The van der Waals surface area contributed by atoms with Gasteiger partial charge in [-0.3, -0.25) is 4.79 Å². The van der Waals surface area contributed by atoms with E-state index in [0.717, 1.165) is 18.7 Å². The van der Waals surface area contributed by atoms with E-state index in [-0.39, 0.29) is 36.3 Å². The van der Waals surface area contributed by atoms with Crippen molar-refractivity contribution in [2.45, 2.75) is 24.3 Å². The third-order valence-electron chi connectivity index (χ3n) is 4.72. The monoisotopic (exact) mass is 435 g/mol. The lowest BCUT2D eigenvalue weighted by Crippen LogP contribution is -2.49. The molecule has 1 aromatic rings. The summed E-state index contributed by atoms with van der Waals surface area (Å²) < 4.78 is 37.2. The van der Waals surface area contributed by atoms with Crippen LogP contribution >= 0.6 is 12.4 Å². The molecule has 160 valence electrons. The molecular weight excluding hydrogens is 406 g/mol. The van der Waals surface area contributed by atoms with E-state index in [9.17, 15) is 13.2 Å². The molecule has 28 heavy (non-hydrogen) atoms. The summed E-state index contributed by atoms with van der Waals surface area (Å²) in [5.74, 6) is -0.0580. The average Bonchev–Trinajstić information content (AvgIpc) is 2.67. The predicted octanol–water partition coefficient (Wildman–Crippen LogP) is 0.666. The third-order valence-corrected chi connectivity index (χ3v) is 6.18. The van der Waals surface area contributed by atoms with E-state index in [1.54, 1.807) is 25.3 Å². The number of halogens is 1. The number of methoxy groups -OCH3 is 2. The number of rotatable bonds is 10. The SMILES string of the molecule is COCCNS(=O)(=O)c1cccc(CNC(=O)C2(COC)CCNCC2)c1.Cl. The molecule has 1 aromatic carbocycles. The predicted molar refractivity (Wildman–Crippen MR) is 109 cm³/mol. The molecule has 3 N–H and O–H groups in total. The molecule has 0 saturated carbocycles. The summed E-state index contributed by atoms with van der Waals surface area (Å²) in [6.45, 7) is 2.69. The first kappa shape index (κ1) is 24.8. The first-order valence-corrected chi connectivity index (χ1v) is 10.5. The molecule has 1 heterocycles. The summed E-state index contributed by atoms with van der Waals surface area (Å²) in [6.07, 6.45) is 1.43. The fourth-order valence-corrected chi connectivity index (χ4v) is 4.26. The first-order valence-electron chi connectivity index (χ1n) is 8.99. The highest BCUT2D eigenvalue weighted by Crippen LogP contribution is 2.29. The van der Waals surface area contributed by atoms with E-state index < -0.39 is 15.4 Å². The highest BCUT2D eigenvalue weighted by atomic mass is 35.5. The number of piperidine rings is 1. The second-order valence-corrected chi connectivity index (χ2v) is 8.45. The van der Waals surface area contributed by atoms with Crippen LogP contribution in [0, 0.1) is 5.41 Å². The van der Waals surface area contributed by atoms with Crippen molar-refractivity contribution in [2.75, 3.05) is 47.1 Å². The van der Waals surface area contributed by atoms with Gasteiger partial charge in [-0.1, -0.05) is 12.1 Å². The Morgan fingerprint density at radius 1 is 1.21 bits per heavy atom. The van der Waals surface area contributed by atoms with Gasteiger partial charge in [-0.15, -0.1) is 12.4 Å². The van der Waals surface area contributed by atoms with Gasteiger partial charge in [0.05, 0.1) is 23.5 Å². The fourth-order valence-electron chi connectivity index (χ4n) is 3.17. The summed E-state index contributed by atoms with van der Waals surface area (Å²) in [7, 11) is -0.496. The van der Waals surface area contributed by atoms with E-state index >= 15 is 0 Å². The van der Waals surface area contributed by atoms with Crippen molar-refractivity contribution >= 4 is 28.3 Å². The van der Waals surface area contributed by atoms with Crippen molar-refractivity contribution in [3.63, 3.8) is 0 Å². The summed E-state index contributed by atoms with van der Waals surface area (Å²) in [4.78, 5) is 12.9. The fraction of sp³-hybridized carbons (Fsp3) is 0.611. The van der Waals surface area contributed by atoms with Gasteiger partial charge in [0, 0.05) is 27.3 Å². The van der Waals surface area contributed by atoms with Crippen LogP contribution in [0.1, 0.15) is 18.4 Å². The lowest BCUT2D eigenvalue weighted by molar-refractivity contribution is -0.136. The number of hydrogen-bond donors (Lipinski definition) is 3. The molecule has 0 spiro atoms. The molecule has 0 bridgehead atoms. The maximum absolute atomic E-state index is 12.8. The Kier molecular flexibility index (Phi) is 10.4. The van der Waals surface area contributed by atoms with Gasteiger partial charge in [-0.2, -0.15) is 0 Å². The van der Waals surface area contributed by atoms with Crippen LogP contribution in [0.25, 0.3) is 0 Å². The molecule has 1 aliphatic heterocycles. The largest absolute Gasteiger partial charge is 0.384 e. The van der Waals surface area contributed by atoms with Crippen LogP contribution in [0.2, 0.25) is 0 Å². The molecule has 1 aliphatic rings. The minimum Gasteiger partial charge on any atom is -0.384 e. The van der Waals surface area contributed by atoms with Crippen LogP contribution in [0.4, 0.5) is 0 Å². The number of benzene rings is 1. The van der Waals surface area contributed by atoms with E-state index in [1.807, 2.05) is 0 Å². The van der Waals surface area contributed by atoms with Crippen molar-refractivity contribution in [2.24, 2.45) is 5.41 Å². The van der Waals surface area contributed by atoms with E-state index in [4.69, 9.17) is 9.47 Å². The van der Waals surface area contributed by atoms with Crippen LogP contribution in [0.15, 0.2) is 29.2 Å². The van der Waals surface area contributed by atoms with Crippen LogP contribution in [-0.2, 0) is 30.8 Å². The zero-order valence-electron chi connectivity index (χ0n) is 16.3. The summed E-state index contributed by atoms with van der Waals surface area (Å²) in [5, 5.41) is 6.20. The normalized spacial score (nSPS) is 16.2. The van der Waals surface area contributed by atoms with Gasteiger partial charge in [0.25, 0.3) is 0 Å². The Bertz CT molecular complexity index is 718. The molecule has 1 saturated heterocycles. The molecule has 8 nitrogen and oxygen atoms in total. The molecule has 0 unspecified atom stereocenters. The van der Waals surface area contributed by atoms with E-state index in [2.05, 4.69) is 15.4 Å². The number of carbonyl (C=O) groups is 1. The van der Waals surface area contributed by atoms with Gasteiger partial charge in [0.2, 0.25) is 15.9 Å². The van der Waals surface area contributed by atoms with Gasteiger partial charge < -0.3 is 20.1 Å². The van der Waals surface area contributed by atoms with Gasteiger partial charge in [-0.25, -0.2) is 13.1 Å². The Morgan fingerprint density at radius 3 is 2.57 bits per heavy atom. The van der Waals surface area contributed by atoms with Gasteiger partial charge in [0.15, 0.2) is 0 Å². The Hall–Kier alpha value is -1.23. The minimum absolute atomic E-state index is 0. The van der Waals surface area contributed by atoms with E-state index in [0.29, 0.717) is 26.1 Å². The zero-order valence-corrected chi connectivity index (χ0v) is 18.0. The molecule has 0 aliphatic carbocycles. The van der Waals surface area contributed by atoms with E-state index in [1.165, 1.54) is 13.2 Å². The highest BCUT2D eigenvalue weighted by Gasteiger charge is 2.39. The maximum Gasteiger partial charge on any atom is 0.240 e. The number of sulfonamides is 1. The number of nitrogens with one attached hydrogen (secondary N) is 3. The molecule has 1 amide bonds. The highest BCUT2D eigenvalue weighted by molar-refractivity contribution is 7.89. The maximum atomic E-state index is 12.8. The molecular formula is C18H30ClN3O5S. The summed E-state index contributed by atoms with van der Waals surface area (Å²) >= 11 is 0. The number of carbonyl (C=O) groups excluding carboxylic acids is 1. The molecule has 0 radical (unpaired) electrons. The van der Waals surface area contributed by atoms with Crippen LogP contribution < -0.4 is 15.4 Å².